The Morgan fingerprint density at radius 1 is 1.23 bits per heavy atom. The van der Waals surface area contributed by atoms with Crippen molar-refractivity contribution in [2.24, 2.45) is 5.92 Å². The van der Waals surface area contributed by atoms with E-state index in [-0.39, 0.29) is 43.4 Å². The lowest BCUT2D eigenvalue weighted by molar-refractivity contribution is -0.143. The van der Waals surface area contributed by atoms with Crippen LogP contribution < -0.4 is 5.32 Å². The zero-order chi connectivity index (χ0) is 28.7. The van der Waals surface area contributed by atoms with Gasteiger partial charge in [-0.25, -0.2) is 9.37 Å². The number of carbonyl (C=O) groups is 3. The number of β-amino-alcohol motifs (C(OH)–C–C–N with tert-alkyl or cyclic N) is 1. The number of hydrogen-bond donors (Lipinski definition) is 2. The van der Waals surface area contributed by atoms with Crippen LogP contribution in [0.15, 0.2) is 47.2 Å². The minimum Gasteiger partial charge on any atom is -0.443 e. The third kappa shape index (κ3) is 4.99. The van der Waals surface area contributed by atoms with Gasteiger partial charge < -0.3 is 24.6 Å². The molecular weight excluding hydrogens is 515 g/mol. The number of halogens is 1. The molecule has 2 N–H and O–H groups in total. The number of hydrogen-bond acceptors (Lipinski definition) is 6. The monoisotopic (exact) mass is 548 g/mol. The molecule has 3 atom stereocenters. The van der Waals surface area contributed by atoms with Crippen molar-refractivity contribution in [1.82, 2.24) is 20.1 Å². The lowest BCUT2D eigenvalue weighted by Gasteiger charge is -2.35. The van der Waals surface area contributed by atoms with E-state index in [4.69, 9.17) is 4.42 Å². The van der Waals surface area contributed by atoms with Gasteiger partial charge >= 0.3 is 0 Å². The molecule has 0 bridgehead atoms. The Morgan fingerprint density at radius 2 is 2.00 bits per heavy atom. The van der Waals surface area contributed by atoms with E-state index in [0.29, 0.717) is 11.3 Å². The highest BCUT2D eigenvalue weighted by atomic mass is 19.1. The van der Waals surface area contributed by atoms with Gasteiger partial charge in [0.15, 0.2) is 12.2 Å². The fraction of sp³-hybridized carbons (Fsp3) is 0.400. The minimum atomic E-state index is -0.908. The van der Waals surface area contributed by atoms with Gasteiger partial charge in [-0.05, 0) is 48.6 Å². The maximum absolute atomic E-state index is 14.4. The van der Waals surface area contributed by atoms with Crippen LogP contribution in [0.25, 0.3) is 11.3 Å². The van der Waals surface area contributed by atoms with E-state index in [1.54, 1.807) is 12.1 Å². The van der Waals surface area contributed by atoms with Crippen LogP contribution in [-0.4, -0.2) is 62.3 Å². The molecule has 2 aliphatic rings. The maximum atomic E-state index is 14.4. The summed E-state index contributed by atoms with van der Waals surface area (Å²) in [4.78, 5) is 47.2. The summed E-state index contributed by atoms with van der Waals surface area (Å²) in [6.45, 7) is 7.75. The Morgan fingerprint density at radius 3 is 2.65 bits per heavy atom. The Kier molecular flexibility index (Phi) is 7.46. The van der Waals surface area contributed by atoms with Gasteiger partial charge in [0.2, 0.25) is 11.8 Å². The molecule has 210 valence electrons. The van der Waals surface area contributed by atoms with Crippen LogP contribution in [0.5, 0.6) is 0 Å². The predicted molar refractivity (Wildman–Crippen MR) is 144 cm³/mol. The molecule has 0 saturated carbocycles. The van der Waals surface area contributed by atoms with Crippen molar-refractivity contribution in [3.63, 3.8) is 0 Å². The third-order valence-electron chi connectivity index (χ3n) is 7.80. The number of amides is 3. The number of carbonyl (C=O) groups excluding carboxylic acids is 3. The SMILES string of the molecule is Cc1cc(-c2ocnc2C)ccc1CNC(=O)[C@@H]1C[C@@H](O)CN1C(=O)[C@H](C(C)C)N1Cc2cccc(F)c2C1=O. The lowest BCUT2D eigenvalue weighted by Crippen LogP contribution is -2.55. The van der Waals surface area contributed by atoms with Crippen LogP contribution in [0.3, 0.4) is 0 Å². The molecule has 3 heterocycles. The third-order valence-corrected chi connectivity index (χ3v) is 7.80. The summed E-state index contributed by atoms with van der Waals surface area (Å²) in [6, 6.07) is 8.42. The lowest BCUT2D eigenvalue weighted by atomic mass is 10.00. The zero-order valence-electron chi connectivity index (χ0n) is 23.0. The Labute approximate surface area is 232 Å². The number of aliphatic hydroxyl groups is 1. The number of rotatable bonds is 7. The van der Waals surface area contributed by atoms with Crippen molar-refractivity contribution < 1.29 is 28.3 Å². The molecule has 10 heteroatoms. The first-order chi connectivity index (χ1) is 19.1. The van der Waals surface area contributed by atoms with Gasteiger partial charge in [0, 0.05) is 31.6 Å². The van der Waals surface area contributed by atoms with Crippen molar-refractivity contribution in [2.45, 2.75) is 65.4 Å². The van der Waals surface area contributed by atoms with E-state index in [0.717, 1.165) is 22.4 Å². The minimum absolute atomic E-state index is 0.0171. The number of oxazole rings is 1. The smallest absolute Gasteiger partial charge is 0.258 e. The van der Waals surface area contributed by atoms with Gasteiger partial charge in [-0.2, -0.15) is 0 Å². The summed E-state index contributed by atoms with van der Waals surface area (Å²) in [5.74, 6) is -1.59. The first-order valence-electron chi connectivity index (χ1n) is 13.4. The van der Waals surface area contributed by atoms with Gasteiger partial charge in [-0.15, -0.1) is 0 Å². The van der Waals surface area contributed by atoms with E-state index in [1.807, 2.05) is 45.9 Å². The van der Waals surface area contributed by atoms with Crippen LogP contribution in [0.1, 0.15) is 53.0 Å². The van der Waals surface area contributed by atoms with E-state index >= 15 is 0 Å². The van der Waals surface area contributed by atoms with Crippen LogP contribution in [0.4, 0.5) is 4.39 Å². The fourth-order valence-electron chi connectivity index (χ4n) is 5.73. The Hall–Kier alpha value is -4.05. The highest BCUT2D eigenvalue weighted by Crippen LogP contribution is 2.31. The van der Waals surface area contributed by atoms with Crippen LogP contribution in [0.2, 0.25) is 0 Å². The molecule has 1 aromatic heterocycles. The molecule has 2 aromatic carbocycles. The first kappa shape index (κ1) is 27.5. The van der Waals surface area contributed by atoms with E-state index in [1.165, 1.54) is 22.3 Å². The molecule has 1 fully saturated rings. The zero-order valence-corrected chi connectivity index (χ0v) is 23.0. The summed E-state index contributed by atoms with van der Waals surface area (Å²) in [7, 11) is 0. The highest BCUT2D eigenvalue weighted by molar-refractivity contribution is 6.02. The van der Waals surface area contributed by atoms with E-state index in [2.05, 4.69) is 10.3 Å². The largest absolute Gasteiger partial charge is 0.443 e. The van der Waals surface area contributed by atoms with Crippen LogP contribution in [-0.2, 0) is 22.7 Å². The van der Waals surface area contributed by atoms with Gasteiger partial charge in [0.25, 0.3) is 5.91 Å². The van der Waals surface area contributed by atoms with Gasteiger partial charge in [0.05, 0.1) is 17.4 Å². The number of likely N-dealkylation sites (tertiary alicyclic amines) is 1. The van der Waals surface area contributed by atoms with Crippen molar-refractivity contribution >= 4 is 17.7 Å². The standard InChI is InChI=1S/C30H33FN4O5/c1-16(2)26(35-13-21-6-5-7-23(31)25(21)29(35)38)30(39)34-14-22(36)11-24(34)28(37)32-12-20-9-8-19(10-17(20)3)27-18(4)33-15-40-27/h5-10,15-16,22,24,26,36H,11-14H2,1-4H3,(H,32,37)/t22-,24+,26+/m1/s1. The number of nitrogens with zero attached hydrogens (tertiary/aromatic N) is 3. The van der Waals surface area contributed by atoms with Gasteiger partial charge in [-0.3, -0.25) is 14.4 Å². The number of fused-ring (bicyclic) bond motifs is 1. The van der Waals surface area contributed by atoms with Crippen LogP contribution >= 0.6 is 0 Å². The van der Waals surface area contributed by atoms with Crippen LogP contribution in [0, 0.1) is 25.6 Å². The molecule has 5 rings (SSSR count). The summed E-state index contributed by atoms with van der Waals surface area (Å²) >= 11 is 0. The van der Waals surface area contributed by atoms with Gasteiger partial charge in [-0.1, -0.05) is 38.1 Å². The van der Waals surface area contributed by atoms with Crippen molar-refractivity contribution in [2.75, 3.05) is 6.54 Å². The first-order valence-corrected chi connectivity index (χ1v) is 13.4. The maximum Gasteiger partial charge on any atom is 0.258 e. The number of nitrogens with one attached hydrogen (secondary N) is 1. The van der Waals surface area contributed by atoms with Crippen molar-refractivity contribution in [1.29, 1.82) is 0 Å². The number of aliphatic hydroxyl groups excluding tert-OH is 1. The Bertz CT molecular complexity index is 1470. The second kappa shape index (κ2) is 10.8. The molecule has 0 radical (unpaired) electrons. The molecule has 2 aliphatic heterocycles. The summed E-state index contributed by atoms with van der Waals surface area (Å²) in [6.07, 6.45) is 0.619. The molecule has 3 amide bonds. The molecule has 3 aromatic rings. The van der Waals surface area contributed by atoms with E-state index in [9.17, 15) is 23.9 Å². The topological polar surface area (TPSA) is 116 Å². The predicted octanol–water partition coefficient (Wildman–Crippen LogP) is 3.36. The quantitative estimate of drug-likeness (QED) is 0.468. The van der Waals surface area contributed by atoms with E-state index < -0.39 is 35.8 Å². The number of benzene rings is 2. The fourth-order valence-corrected chi connectivity index (χ4v) is 5.73. The molecule has 1 saturated heterocycles. The summed E-state index contributed by atoms with van der Waals surface area (Å²) < 4.78 is 19.9. The second-order valence-electron chi connectivity index (χ2n) is 10.9. The summed E-state index contributed by atoms with van der Waals surface area (Å²) in [5, 5.41) is 13.3. The average molecular weight is 549 g/mol. The average Bonchev–Trinajstić information content (AvgIpc) is 3.60. The highest BCUT2D eigenvalue weighted by Gasteiger charge is 2.46. The molecule has 0 spiro atoms. The number of aryl methyl sites for hydroxylation is 2. The molecule has 40 heavy (non-hydrogen) atoms. The Balaban J connectivity index is 1.30. The number of aromatic nitrogens is 1. The summed E-state index contributed by atoms with van der Waals surface area (Å²) in [5.41, 5.74) is 4.03. The van der Waals surface area contributed by atoms with Gasteiger partial charge in [0.1, 0.15) is 17.9 Å². The second-order valence-corrected chi connectivity index (χ2v) is 10.9. The van der Waals surface area contributed by atoms with Crippen molar-refractivity contribution in [3.8, 4) is 11.3 Å². The van der Waals surface area contributed by atoms with Crippen molar-refractivity contribution in [3.05, 3.63) is 76.6 Å². The molecular formula is C30H33FN4O5. The molecule has 0 unspecified atom stereocenters. The molecule has 9 nitrogen and oxygen atoms in total. The molecule has 0 aliphatic carbocycles. The normalized spacial score (nSPS) is 19.3.